The van der Waals surface area contributed by atoms with E-state index in [1.54, 1.807) is 0 Å². The zero-order valence-electron chi connectivity index (χ0n) is 10.5. The highest BCUT2D eigenvalue weighted by Gasteiger charge is 2.13. The summed E-state index contributed by atoms with van der Waals surface area (Å²) < 4.78 is 2.06. The molecular formula is C14H16BrClN2. The SMILES string of the molecule is CC(C)c1c(CBr)cnn1Cc1cccc(Cl)c1. The van der Waals surface area contributed by atoms with E-state index in [0.29, 0.717) is 5.92 Å². The number of hydrogen-bond donors (Lipinski definition) is 0. The van der Waals surface area contributed by atoms with Crippen LogP contribution in [0, 0.1) is 0 Å². The van der Waals surface area contributed by atoms with E-state index >= 15 is 0 Å². The first-order chi connectivity index (χ1) is 8.61. The van der Waals surface area contributed by atoms with Gasteiger partial charge in [0.15, 0.2) is 0 Å². The van der Waals surface area contributed by atoms with Gasteiger partial charge >= 0.3 is 0 Å². The van der Waals surface area contributed by atoms with Crippen molar-refractivity contribution >= 4 is 27.5 Å². The van der Waals surface area contributed by atoms with Gasteiger partial charge in [0, 0.05) is 21.6 Å². The van der Waals surface area contributed by atoms with Crippen LogP contribution >= 0.6 is 27.5 Å². The maximum atomic E-state index is 6.01. The van der Waals surface area contributed by atoms with Gasteiger partial charge in [0.2, 0.25) is 0 Å². The van der Waals surface area contributed by atoms with Gasteiger partial charge in [0.05, 0.1) is 12.7 Å². The minimum absolute atomic E-state index is 0.458. The lowest BCUT2D eigenvalue weighted by Gasteiger charge is -2.12. The Morgan fingerprint density at radius 2 is 2.17 bits per heavy atom. The fourth-order valence-corrected chi connectivity index (χ4v) is 2.78. The van der Waals surface area contributed by atoms with E-state index < -0.39 is 0 Å². The Morgan fingerprint density at radius 1 is 1.39 bits per heavy atom. The van der Waals surface area contributed by atoms with Crippen LogP contribution in [0.5, 0.6) is 0 Å². The van der Waals surface area contributed by atoms with Gasteiger partial charge < -0.3 is 0 Å². The molecule has 2 nitrogen and oxygen atoms in total. The van der Waals surface area contributed by atoms with Crippen molar-refractivity contribution in [3.63, 3.8) is 0 Å². The minimum Gasteiger partial charge on any atom is -0.265 e. The Bertz CT molecular complexity index is 534. The van der Waals surface area contributed by atoms with Crippen LogP contribution < -0.4 is 0 Å². The van der Waals surface area contributed by atoms with Crippen molar-refractivity contribution < 1.29 is 0 Å². The molecule has 0 atom stereocenters. The second-order valence-electron chi connectivity index (χ2n) is 4.63. The molecule has 0 fully saturated rings. The number of benzene rings is 1. The van der Waals surface area contributed by atoms with Crippen LogP contribution in [0.2, 0.25) is 5.02 Å². The van der Waals surface area contributed by atoms with Crippen LogP contribution in [0.4, 0.5) is 0 Å². The summed E-state index contributed by atoms with van der Waals surface area (Å²) in [5, 5.41) is 6.09. The Labute approximate surface area is 121 Å². The van der Waals surface area contributed by atoms with Gasteiger partial charge in [-0.2, -0.15) is 5.10 Å². The highest BCUT2D eigenvalue weighted by molar-refractivity contribution is 9.08. The van der Waals surface area contributed by atoms with Gasteiger partial charge in [-0.05, 0) is 23.6 Å². The smallest absolute Gasteiger partial charge is 0.0663 e. The fraction of sp³-hybridized carbons (Fsp3) is 0.357. The summed E-state index contributed by atoms with van der Waals surface area (Å²) in [7, 11) is 0. The molecule has 0 saturated carbocycles. The van der Waals surface area contributed by atoms with Crippen LogP contribution in [-0.2, 0) is 11.9 Å². The first kappa shape index (κ1) is 13.6. The third-order valence-corrected chi connectivity index (χ3v) is 3.71. The van der Waals surface area contributed by atoms with Crippen molar-refractivity contribution in [2.24, 2.45) is 0 Å². The number of nitrogens with zero attached hydrogens (tertiary/aromatic N) is 2. The van der Waals surface area contributed by atoms with Crippen molar-refractivity contribution in [3.8, 4) is 0 Å². The van der Waals surface area contributed by atoms with Gasteiger partial charge in [0.25, 0.3) is 0 Å². The largest absolute Gasteiger partial charge is 0.265 e. The van der Waals surface area contributed by atoms with Crippen molar-refractivity contribution in [3.05, 3.63) is 52.3 Å². The highest BCUT2D eigenvalue weighted by atomic mass is 79.9. The quantitative estimate of drug-likeness (QED) is 0.750. The molecule has 2 rings (SSSR count). The molecule has 18 heavy (non-hydrogen) atoms. The van der Waals surface area contributed by atoms with Crippen LogP contribution in [0.25, 0.3) is 0 Å². The summed E-state index contributed by atoms with van der Waals surface area (Å²) in [5.74, 6) is 0.458. The fourth-order valence-electron chi connectivity index (χ4n) is 2.14. The lowest BCUT2D eigenvalue weighted by Crippen LogP contribution is -2.08. The van der Waals surface area contributed by atoms with E-state index in [1.165, 1.54) is 16.8 Å². The van der Waals surface area contributed by atoms with Gasteiger partial charge in [-0.1, -0.05) is 53.5 Å². The molecule has 0 saturated heterocycles. The summed E-state index contributed by atoms with van der Waals surface area (Å²) >= 11 is 9.52. The Balaban J connectivity index is 2.32. The van der Waals surface area contributed by atoms with E-state index in [4.69, 9.17) is 11.6 Å². The number of halogens is 2. The van der Waals surface area contributed by atoms with E-state index in [9.17, 15) is 0 Å². The maximum absolute atomic E-state index is 6.01. The summed E-state index contributed by atoms with van der Waals surface area (Å²) in [4.78, 5) is 0. The first-order valence-corrected chi connectivity index (χ1v) is 7.46. The molecule has 0 aliphatic carbocycles. The van der Waals surface area contributed by atoms with Crippen LogP contribution in [-0.4, -0.2) is 9.78 Å². The Morgan fingerprint density at radius 3 is 2.78 bits per heavy atom. The number of alkyl halides is 1. The molecular weight excluding hydrogens is 312 g/mol. The van der Waals surface area contributed by atoms with Gasteiger partial charge in [0.1, 0.15) is 0 Å². The topological polar surface area (TPSA) is 17.8 Å². The molecule has 0 unspecified atom stereocenters. The van der Waals surface area contributed by atoms with Crippen LogP contribution in [0.3, 0.4) is 0 Å². The van der Waals surface area contributed by atoms with Crippen molar-refractivity contribution in [2.45, 2.75) is 31.6 Å². The second-order valence-corrected chi connectivity index (χ2v) is 5.63. The van der Waals surface area contributed by atoms with Gasteiger partial charge in [-0.15, -0.1) is 0 Å². The molecule has 4 heteroatoms. The maximum Gasteiger partial charge on any atom is 0.0663 e. The third kappa shape index (κ3) is 2.96. The molecule has 1 aromatic heterocycles. The number of aromatic nitrogens is 2. The lowest BCUT2D eigenvalue weighted by molar-refractivity contribution is 0.615. The minimum atomic E-state index is 0.458. The van der Waals surface area contributed by atoms with E-state index in [0.717, 1.165) is 16.9 Å². The van der Waals surface area contributed by atoms with Crippen LogP contribution in [0.15, 0.2) is 30.5 Å². The molecule has 0 aliphatic heterocycles. The van der Waals surface area contributed by atoms with Crippen LogP contribution in [0.1, 0.15) is 36.6 Å². The molecule has 96 valence electrons. The summed E-state index contributed by atoms with van der Waals surface area (Å²) in [6, 6.07) is 7.93. The number of rotatable bonds is 4. The highest BCUT2D eigenvalue weighted by Crippen LogP contribution is 2.22. The molecule has 0 spiro atoms. The lowest BCUT2D eigenvalue weighted by atomic mass is 10.1. The van der Waals surface area contributed by atoms with E-state index in [2.05, 4.69) is 45.6 Å². The third-order valence-electron chi connectivity index (χ3n) is 2.87. The predicted molar refractivity (Wildman–Crippen MR) is 79.5 cm³/mol. The van der Waals surface area contributed by atoms with Gasteiger partial charge in [-0.3, -0.25) is 4.68 Å². The zero-order chi connectivity index (χ0) is 13.1. The van der Waals surface area contributed by atoms with Crippen molar-refractivity contribution in [1.82, 2.24) is 9.78 Å². The van der Waals surface area contributed by atoms with Crippen molar-refractivity contribution in [1.29, 1.82) is 0 Å². The standard InChI is InChI=1S/C14H16BrClN2/c1-10(2)14-12(7-15)8-17-18(14)9-11-4-3-5-13(16)6-11/h3-6,8,10H,7,9H2,1-2H3. The molecule has 0 aliphatic rings. The monoisotopic (exact) mass is 326 g/mol. The Hall–Kier alpha value is -0.800. The summed E-state index contributed by atoms with van der Waals surface area (Å²) in [5.41, 5.74) is 3.72. The molecule has 0 N–H and O–H groups in total. The molecule has 1 aromatic carbocycles. The number of hydrogen-bond acceptors (Lipinski definition) is 1. The molecule has 0 bridgehead atoms. The van der Waals surface area contributed by atoms with E-state index in [1.807, 2.05) is 24.4 Å². The van der Waals surface area contributed by atoms with Crippen molar-refractivity contribution in [2.75, 3.05) is 0 Å². The normalized spacial score (nSPS) is 11.2. The second kappa shape index (κ2) is 5.89. The Kier molecular flexibility index (Phi) is 4.46. The first-order valence-electron chi connectivity index (χ1n) is 5.96. The summed E-state index contributed by atoms with van der Waals surface area (Å²) in [6.07, 6.45) is 1.94. The molecule has 0 radical (unpaired) electrons. The molecule has 1 heterocycles. The predicted octanol–water partition coefficient (Wildman–Crippen LogP) is 4.60. The average molecular weight is 328 g/mol. The molecule has 0 amide bonds. The summed E-state index contributed by atoms with van der Waals surface area (Å²) in [6.45, 7) is 5.15. The zero-order valence-corrected chi connectivity index (χ0v) is 12.9. The molecule has 2 aromatic rings. The van der Waals surface area contributed by atoms with E-state index in [-0.39, 0.29) is 0 Å². The van der Waals surface area contributed by atoms with Gasteiger partial charge in [-0.25, -0.2) is 0 Å². The average Bonchev–Trinajstić information content (AvgIpc) is 2.72.